The number of nitrogens with one attached hydrogen (secondary N) is 1. The molecule has 1 saturated carbocycles. The van der Waals surface area contributed by atoms with E-state index in [0.29, 0.717) is 19.3 Å². The Morgan fingerprint density at radius 2 is 1.81 bits per heavy atom. The number of hydrogen-bond donors (Lipinski definition) is 3. The molecule has 3 N–H and O–H groups in total. The highest BCUT2D eigenvalue weighted by Gasteiger charge is 2.52. The number of ketones is 1. The zero-order valence-corrected chi connectivity index (χ0v) is 15.2. The van der Waals surface area contributed by atoms with E-state index in [-0.39, 0.29) is 12.3 Å². The van der Waals surface area contributed by atoms with E-state index >= 15 is 0 Å². The maximum Gasteiger partial charge on any atom is 0.475 e. The first kappa shape index (κ1) is 21.4. The molecule has 0 saturated heterocycles. The van der Waals surface area contributed by atoms with Crippen LogP contribution in [0.5, 0.6) is 0 Å². The zero-order chi connectivity index (χ0) is 20.4. The number of halogens is 3. The van der Waals surface area contributed by atoms with Gasteiger partial charge in [-0.25, -0.2) is 0 Å². The number of benzene rings is 1. The van der Waals surface area contributed by atoms with Crippen molar-refractivity contribution in [1.29, 1.82) is 0 Å². The average Bonchev–Trinajstić information content (AvgIpc) is 3.33. The van der Waals surface area contributed by atoms with Crippen LogP contribution < -0.4 is 5.32 Å². The van der Waals surface area contributed by atoms with Crippen LogP contribution in [0, 0.1) is 11.3 Å². The Bertz CT molecular complexity index is 702. The van der Waals surface area contributed by atoms with E-state index in [0.717, 1.165) is 12.1 Å². The minimum atomic E-state index is -4.66. The second-order valence-electron chi connectivity index (χ2n) is 7.55. The number of Topliss-reactive ketones (excluding diaryl/α,β-unsaturated/α-hetero) is 1. The summed E-state index contributed by atoms with van der Waals surface area (Å²) in [5, 5.41) is 21.4. The Hall–Kier alpha value is -1.87. The molecule has 0 unspecified atom stereocenters. The lowest BCUT2D eigenvalue weighted by Gasteiger charge is -2.23. The van der Waals surface area contributed by atoms with E-state index in [1.807, 2.05) is 13.8 Å². The summed E-state index contributed by atoms with van der Waals surface area (Å²) in [6.07, 6.45) is -3.94. The van der Waals surface area contributed by atoms with Crippen LogP contribution in [0.25, 0.3) is 0 Å². The molecular formula is C18H23BF3NO4. The van der Waals surface area contributed by atoms with Gasteiger partial charge in [-0.2, -0.15) is 13.2 Å². The van der Waals surface area contributed by atoms with Gasteiger partial charge in [0.1, 0.15) is 0 Å². The molecule has 0 bridgehead atoms. The van der Waals surface area contributed by atoms with Gasteiger partial charge in [-0.15, -0.1) is 0 Å². The molecular weight excluding hydrogens is 362 g/mol. The van der Waals surface area contributed by atoms with Crippen LogP contribution >= 0.6 is 0 Å². The van der Waals surface area contributed by atoms with E-state index in [1.165, 1.54) is 12.1 Å². The van der Waals surface area contributed by atoms with Gasteiger partial charge >= 0.3 is 13.3 Å². The first-order chi connectivity index (χ1) is 12.5. The molecule has 0 aliphatic heterocycles. The predicted octanol–water partition coefficient (Wildman–Crippen LogP) is 2.60. The molecule has 0 heterocycles. The fourth-order valence-corrected chi connectivity index (χ4v) is 3.10. The van der Waals surface area contributed by atoms with Crippen molar-refractivity contribution >= 4 is 18.8 Å². The molecule has 9 heteroatoms. The normalized spacial score (nSPS) is 16.7. The number of hydrogen-bond acceptors (Lipinski definition) is 4. The van der Waals surface area contributed by atoms with Gasteiger partial charge in [-0.3, -0.25) is 9.59 Å². The van der Waals surface area contributed by atoms with Crippen LogP contribution in [-0.2, 0) is 11.0 Å². The van der Waals surface area contributed by atoms with Crippen molar-refractivity contribution in [3.8, 4) is 0 Å². The third kappa shape index (κ3) is 5.32. The SMILES string of the molecule is CC(C)C[C@H](NC(=O)C1(CC(=O)c2ccccc2C(F)(F)F)CC1)B(O)O. The van der Waals surface area contributed by atoms with Crippen molar-refractivity contribution in [2.24, 2.45) is 11.3 Å². The minimum Gasteiger partial charge on any atom is -0.426 e. The van der Waals surface area contributed by atoms with Crippen molar-refractivity contribution in [2.75, 3.05) is 0 Å². The van der Waals surface area contributed by atoms with Gasteiger partial charge in [-0.1, -0.05) is 32.0 Å². The molecule has 1 fully saturated rings. The number of carbonyl (C=O) groups excluding carboxylic acids is 2. The van der Waals surface area contributed by atoms with Crippen molar-refractivity contribution in [3.05, 3.63) is 35.4 Å². The molecule has 5 nitrogen and oxygen atoms in total. The van der Waals surface area contributed by atoms with Crippen LogP contribution in [0.4, 0.5) is 13.2 Å². The summed E-state index contributed by atoms with van der Waals surface area (Å²) >= 11 is 0. The van der Waals surface area contributed by atoms with Gasteiger partial charge < -0.3 is 15.4 Å². The van der Waals surface area contributed by atoms with Crippen LogP contribution in [-0.4, -0.2) is 34.8 Å². The third-order valence-electron chi connectivity index (χ3n) is 4.77. The largest absolute Gasteiger partial charge is 0.475 e. The van der Waals surface area contributed by atoms with Crippen molar-refractivity contribution < 1.29 is 32.8 Å². The maximum atomic E-state index is 13.1. The Kier molecular flexibility index (Phi) is 6.37. The number of rotatable bonds is 8. The number of carbonyl (C=O) groups is 2. The molecule has 1 aliphatic carbocycles. The second-order valence-corrected chi connectivity index (χ2v) is 7.55. The lowest BCUT2D eigenvalue weighted by atomic mass is 9.74. The molecule has 2 rings (SSSR count). The smallest absolute Gasteiger partial charge is 0.426 e. The minimum absolute atomic E-state index is 0.0903. The fourth-order valence-electron chi connectivity index (χ4n) is 3.10. The quantitative estimate of drug-likeness (QED) is 0.474. The fraction of sp³-hybridized carbons (Fsp3) is 0.556. The van der Waals surface area contributed by atoms with Crippen LogP contribution in [0.15, 0.2) is 24.3 Å². The second kappa shape index (κ2) is 8.02. The molecule has 1 aliphatic rings. The summed E-state index contributed by atoms with van der Waals surface area (Å²) in [6, 6.07) is 4.51. The van der Waals surface area contributed by atoms with E-state index in [2.05, 4.69) is 5.32 Å². The molecule has 0 radical (unpaired) electrons. The van der Waals surface area contributed by atoms with Gasteiger partial charge in [0.15, 0.2) is 5.78 Å². The van der Waals surface area contributed by atoms with Crippen molar-refractivity contribution in [2.45, 2.75) is 51.6 Å². The molecule has 148 valence electrons. The molecule has 0 aromatic heterocycles. The molecule has 27 heavy (non-hydrogen) atoms. The molecule has 1 aromatic rings. The third-order valence-corrected chi connectivity index (χ3v) is 4.77. The standard InChI is InChI=1S/C18H23BF3NO4/c1-11(2)9-15(19(26)27)23-16(25)17(7-8-17)10-14(24)12-5-3-4-6-13(12)18(20,21)22/h3-6,11,15,26-27H,7-10H2,1-2H3,(H,23,25)/t15-/m0/s1. The lowest BCUT2D eigenvalue weighted by molar-refractivity contribution is -0.137. The first-order valence-corrected chi connectivity index (χ1v) is 8.83. The van der Waals surface area contributed by atoms with Gasteiger partial charge in [-0.05, 0) is 31.2 Å². The summed E-state index contributed by atoms with van der Waals surface area (Å²) in [5.74, 6) is -2.08. The number of amides is 1. The van der Waals surface area contributed by atoms with Gasteiger partial charge in [0.25, 0.3) is 0 Å². The Balaban J connectivity index is 2.13. The highest BCUT2D eigenvalue weighted by atomic mass is 19.4. The first-order valence-electron chi connectivity index (χ1n) is 8.83. The topological polar surface area (TPSA) is 86.6 Å². The summed E-state index contributed by atoms with van der Waals surface area (Å²) < 4.78 is 39.3. The van der Waals surface area contributed by atoms with E-state index in [4.69, 9.17) is 0 Å². The van der Waals surface area contributed by atoms with E-state index in [1.54, 1.807) is 0 Å². The van der Waals surface area contributed by atoms with Crippen LogP contribution in [0.2, 0.25) is 0 Å². The molecule has 1 aromatic carbocycles. The van der Waals surface area contributed by atoms with Crippen molar-refractivity contribution in [1.82, 2.24) is 5.32 Å². The predicted molar refractivity (Wildman–Crippen MR) is 93.6 cm³/mol. The van der Waals surface area contributed by atoms with Crippen LogP contribution in [0.3, 0.4) is 0 Å². The summed E-state index contributed by atoms with van der Waals surface area (Å²) in [7, 11) is -1.76. The highest BCUT2D eigenvalue weighted by molar-refractivity contribution is 6.43. The summed E-state index contributed by atoms with van der Waals surface area (Å²) in [5.41, 5.74) is -2.56. The van der Waals surface area contributed by atoms with Gasteiger partial charge in [0, 0.05) is 12.0 Å². The van der Waals surface area contributed by atoms with E-state index < -0.39 is 47.5 Å². The Labute approximate surface area is 156 Å². The highest BCUT2D eigenvalue weighted by Crippen LogP contribution is 2.50. The van der Waals surface area contributed by atoms with Crippen molar-refractivity contribution in [3.63, 3.8) is 0 Å². The summed E-state index contributed by atoms with van der Waals surface area (Å²) in [4.78, 5) is 25.1. The Morgan fingerprint density at radius 3 is 2.30 bits per heavy atom. The van der Waals surface area contributed by atoms with Crippen LogP contribution in [0.1, 0.15) is 55.5 Å². The maximum absolute atomic E-state index is 13.1. The molecule has 1 atom stereocenters. The molecule has 1 amide bonds. The number of alkyl halides is 3. The summed E-state index contributed by atoms with van der Waals surface area (Å²) in [6.45, 7) is 3.71. The zero-order valence-electron chi connectivity index (χ0n) is 15.2. The Morgan fingerprint density at radius 1 is 1.22 bits per heavy atom. The average molecular weight is 385 g/mol. The lowest BCUT2D eigenvalue weighted by Crippen LogP contribution is -2.49. The van der Waals surface area contributed by atoms with E-state index in [9.17, 15) is 32.8 Å². The van der Waals surface area contributed by atoms with Gasteiger partial charge in [0.05, 0.1) is 16.9 Å². The monoisotopic (exact) mass is 385 g/mol. The molecule has 0 spiro atoms. The van der Waals surface area contributed by atoms with Gasteiger partial charge in [0.2, 0.25) is 5.91 Å².